The van der Waals surface area contributed by atoms with Crippen molar-refractivity contribution in [1.82, 2.24) is 4.90 Å². The van der Waals surface area contributed by atoms with Gasteiger partial charge in [-0.1, -0.05) is 60.7 Å². The maximum Gasteiger partial charge on any atom is 0.247 e. The Morgan fingerprint density at radius 2 is 1.37 bits per heavy atom. The van der Waals surface area contributed by atoms with Gasteiger partial charge in [-0.2, -0.15) is 11.8 Å². The van der Waals surface area contributed by atoms with Crippen molar-refractivity contribution in [2.75, 3.05) is 17.3 Å². The molecule has 2 bridgehead atoms. The van der Waals surface area contributed by atoms with E-state index in [9.17, 15) is 19.2 Å². The second-order valence-electron chi connectivity index (χ2n) is 10.2. The van der Waals surface area contributed by atoms with Crippen molar-refractivity contribution >= 4 is 41.0 Å². The molecule has 0 radical (unpaired) electrons. The van der Waals surface area contributed by atoms with Crippen LogP contribution in [-0.4, -0.2) is 46.5 Å². The van der Waals surface area contributed by atoms with E-state index in [1.54, 1.807) is 36.0 Å². The molecule has 0 saturated carbocycles. The zero-order valence-corrected chi connectivity index (χ0v) is 22.0. The summed E-state index contributed by atoms with van der Waals surface area (Å²) >= 11 is 1.57. The number of carbonyl (C=O) groups is 4. The predicted octanol–water partition coefficient (Wildman–Crippen LogP) is 4.84. The van der Waals surface area contributed by atoms with Gasteiger partial charge in [-0.05, 0) is 59.7 Å². The lowest BCUT2D eigenvalue weighted by atomic mass is 9.55. The van der Waals surface area contributed by atoms with Crippen LogP contribution in [0.4, 0.5) is 5.69 Å². The fourth-order valence-corrected chi connectivity index (χ4v) is 7.11. The number of carbonyl (C=O) groups excluding carboxylic acids is 4. The second kappa shape index (κ2) is 9.55. The van der Waals surface area contributed by atoms with Crippen molar-refractivity contribution in [3.63, 3.8) is 0 Å². The van der Waals surface area contributed by atoms with Crippen LogP contribution >= 0.6 is 11.8 Å². The molecule has 3 aromatic rings. The molecule has 1 heterocycles. The summed E-state index contributed by atoms with van der Waals surface area (Å²) in [6, 6.07) is 22.0. The minimum absolute atomic E-state index is 0.108. The molecule has 7 rings (SSSR count). The zero-order chi connectivity index (χ0) is 26.6. The zero-order valence-electron chi connectivity index (χ0n) is 21.2. The van der Waals surface area contributed by atoms with Crippen molar-refractivity contribution in [2.24, 2.45) is 11.8 Å². The van der Waals surface area contributed by atoms with E-state index in [4.69, 9.17) is 0 Å². The van der Waals surface area contributed by atoms with Gasteiger partial charge in [0.15, 0.2) is 5.78 Å². The quantitative estimate of drug-likeness (QED) is 0.353. The van der Waals surface area contributed by atoms with Gasteiger partial charge in [-0.3, -0.25) is 24.1 Å². The molecule has 3 atom stereocenters. The predicted molar refractivity (Wildman–Crippen MR) is 147 cm³/mol. The molecular weight excluding hydrogens is 496 g/mol. The van der Waals surface area contributed by atoms with Crippen LogP contribution < -0.4 is 5.32 Å². The van der Waals surface area contributed by atoms with E-state index in [1.165, 1.54) is 11.8 Å². The normalized spacial score (nSPS) is 23.5. The minimum atomic E-state index is -0.931. The number of hydrogen-bond acceptors (Lipinski definition) is 5. The topological polar surface area (TPSA) is 83.6 Å². The Bertz CT molecular complexity index is 1370. The smallest absolute Gasteiger partial charge is 0.247 e. The minimum Gasteiger partial charge on any atom is -0.324 e. The Labute approximate surface area is 225 Å². The van der Waals surface area contributed by atoms with Crippen LogP contribution in [0.2, 0.25) is 0 Å². The van der Waals surface area contributed by atoms with Crippen LogP contribution in [0.25, 0.3) is 0 Å². The van der Waals surface area contributed by atoms with E-state index < -0.39 is 23.8 Å². The third-order valence-electron chi connectivity index (χ3n) is 8.23. The molecule has 6 nitrogen and oxygen atoms in total. The molecule has 3 aliphatic carbocycles. The molecule has 1 aliphatic heterocycles. The van der Waals surface area contributed by atoms with Crippen molar-refractivity contribution in [1.29, 1.82) is 0 Å². The van der Waals surface area contributed by atoms with Crippen LogP contribution in [0.1, 0.15) is 57.8 Å². The summed E-state index contributed by atoms with van der Waals surface area (Å²) in [5.41, 5.74) is 5.36. The molecule has 0 spiro atoms. The molecule has 192 valence electrons. The molecule has 3 amide bonds. The lowest BCUT2D eigenvalue weighted by molar-refractivity contribution is -0.146. The lowest BCUT2D eigenvalue weighted by Crippen LogP contribution is -2.48. The summed E-state index contributed by atoms with van der Waals surface area (Å²) in [7, 11) is 0. The molecule has 1 N–H and O–H groups in total. The molecule has 3 aromatic carbocycles. The van der Waals surface area contributed by atoms with Gasteiger partial charge in [0.1, 0.15) is 6.04 Å². The van der Waals surface area contributed by atoms with Gasteiger partial charge >= 0.3 is 0 Å². The summed E-state index contributed by atoms with van der Waals surface area (Å²) < 4.78 is 0. The van der Waals surface area contributed by atoms with Crippen LogP contribution in [0.15, 0.2) is 72.8 Å². The standard InChI is InChI=1S/C31H28N2O4S/c1-17(34)18-8-7-9-19(16-18)32-29(35)24(14-15-38-2)33-30(36)27-25-20-10-3-4-11-21(20)26(28(27)31(33)37)23-13-6-5-12-22(23)25/h3-13,16,24-28H,14-15H2,1-2H3,(H,32,35). The fraction of sp³-hybridized carbons (Fsp3) is 0.290. The van der Waals surface area contributed by atoms with Crippen LogP contribution in [0, 0.1) is 11.8 Å². The van der Waals surface area contributed by atoms with Gasteiger partial charge in [-0.15, -0.1) is 0 Å². The highest BCUT2D eigenvalue weighted by Gasteiger charge is 2.62. The van der Waals surface area contributed by atoms with E-state index in [-0.39, 0.29) is 29.4 Å². The van der Waals surface area contributed by atoms with Gasteiger partial charge < -0.3 is 5.32 Å². The van der Waals surface area contributed by atoms with E-state index in [2.05, 4.69) is 29.6 Å². The molecule has 38 heavy (non-hydrogen) atoms. The number of ketones is 1. The SMILES string of the molecule is CSCCC(C(=O)Nc1cccc(C(C)=O)c1)N1C(=O)C2C3c4ccccc4C(c4ccccc43)C2C1=O. The number of hydrogen-bond donors (Lipinski definition) is 1. The van der Waals surface area contributed by atoms with Gasteiger partial charge in [0, 0.05) is 23.1 Å². The van der Waals surface area contributed by atoms with E-state index in [0.29, 0.717) is 23.4 Å². The highest BCUT2D eigenvalue weighted by atomic mass is 32.2. The number of likely N-dealkylation sites (tertiary alicyclic amines) is 1. The molecule has 0 aromatic heterocycles. The van der Waals surface area contributed by atoms with Crippen LogP contribution in [0.3, 0.4) is 0 Å². The molecule has 7 heteroatoms. The Morgan fingerprint density at radius 3 is 1.84 bits per heavy atom. The number of amides is 3. The summed E-state index contributed by atoms with van der Waals surface area (Å²) in [5, 5.41) is 2.87. The maximum atomic E-state index is 14.1. The van der Waals surface area contributed by atoms with E-state index >= 15 is 0 Å². The number of Topliss-reactive ketones (excluding diaryl/α,β-unsaturated/α-hetero) is 1. The summed E-state index contributed by atoms with van der Waals surface area (Å²) in [6.07, 6.45) is 2.29. The van der Waals surface area contributed by atoms with Gasteiger partial charge in [0.2, 0.25) is 17.7 Å². The molecule has 3 unspecified atom stereocenters. The van der Waals surface area contributed by atoms with Crippen molar-refractivity contribution in [3.05, 3.63) is 101 Å². The number of anilines is 1. The molecular formula is C31H28N2O4S. The number of rotatable bonds is 7. The van der Waals surface area contributed by atoms with Crippen molar-refractivity contribution < 1.29 is 19.2 Å². The molecule has 1 saturated heterocycles. The van der Waals surface area contributed by atoms with E-state index in [1.807, 2.05) is 30.5 Å². The first-order chi connectivity index (χ1) is 18.4. The highest BCUT2D eigenvalue weighted by molar-refractivity contribution is 7.98. The number of imide groups is 1. The van der Waals surface area contributed by atoms with Crippen molar-refractivity contribution in [3.8, 4) is 0 Å². The average Bonchev–Trinajstić information content (AvgIpc) is 3.19. The largest absolute Gasteiger partial charge is 0.324 e. The Hall–Kier alpha value is -3.71. The average molecular weight is 525 g/mol. The maximum absolute atomic E-state index is 14.1. The molecule has 1 fully saturated rings. The first kappa shape index (κ1) is 24.6. The van der Waals surface area contributed by atoms with Gasteiger partial charge in [0.05, 0.1) is 11.8 Å². The third kappa shape index (κ3) is 3.71. The third-order valence-corrected chi connectivity index (χ3v) is 8.87. The van der Waals surface area contributed by atoms with Crippen molar-refractivity contribution in [2.45, 2.75) is 31.2 Å². The second-order valence-corrected chi connectivity index (χ2v) is 11.2. The van der Waals surface area contributed by atoms with Gasteiger partial charge in [-0.25, -0.2) is 0 Å². The molecule has 4 aliphatic rings. The summed E-state index contributed by atoms with van der Waals surface area (Å²) in [6.45, 7) is 1.47. The Morgan fingerprint density at radius 1 is 0.842 bits per heavy atom. The summed E-state index contributed by atoms with van der Waals surface area (Å²) in [5.74, 6) is -1.91. The fourth-order valence-electron chi connectivity index (χ4n) is 6.66. The summed E-state index contributed by atoms with van der Waals surface area (Å²) in [4.78, 5) is 55.0. The Balaban J connectivity index is 1.38. The first-order valence-corrected chi connectivity index (χ1v) is 14.3. The lowest BCUT2D eigenvalue weighted by Gasteiger charge is -2.45. The number of thioether (sulfide) groups is 1. The Kier molecular flexibility index (Phi) is 6.19. The monoisotopic (exact) mass is 524 g/mol. The highest BCUT2D eigenvalue weighted by Crippen LogP contribution is 2.61. The first-order valence-electron chi connectivity index (χ1n) is 12.9. The van der Waals surface area contributed by atoms with Crippen LogP contribution in [0.5, 0.6) is 0 Å². The number of nitrogens with zero attached hydrogens (tertiary/aromatic N) is 1. The van der Waals surface area contributed by atoms with E-state index in [0.717, 1.165) is 22.3 Å². The van der Waals surface area contributed by atoms with Gasteiger partial charge in [0.25, 0.3) is 0 Å². The number of benzene rings is 3. The van der Waals surface area contributed by atoms with Crippen LogP contribution in [-0.2, 0) is 14.4 Å². The number of nitrogens with one attached hydrogen (secondary N) is 1.